The Morgan fingerprint density at radius 3 is 2.84 bits per heavy atom. The van der Waals surface area contributed by atoms with E-state index < -0.39 is 0 Å². The van der Waals surface area contributed by atoms with E-state index in [1.165, 1.54) is 13.0 Å². The van der Waals surface area contributed by atoms with Gasteiger partial charge in [0.25, 0.3) is 5.91 Å². The Morgan fingerprint density at radius 1 is 1.23 bits per heavy atom. The van der Waals surface area contributed by atoms with Crippen molar-refractivity contribution in [1.29, 1.82) is 0 Å². The molecule has 0 aliphatic carbocycles. The minimum Gasteiger partial charge on any atom is -0.482 e. The first-order valence-electron chi connectivity index (χ1n) is 11.5. The maximum absolute atomic E-state index is 12.3. The van der Waals surface area contributed by atoms with Gasteiger partial charge in [-0.05, 0) is 43.7 Å². The van der Waals surface area contributed by atoms with Crippen LogP contribution in [0.4, 0.5) is 5.69 Å². The molecule has 4 rings (SSSR count). The molecule has 1 amide bonds. The van der Waals surface area contributed by atoms with Gasteiger partial charge in [-0.2, -0.15) is 0 Å². The Hall–Kier alpha value is -2.32. The molecule has 3 heterocycles. The van der Waals surface area contributed by atoms with E-state index in [2.05, 4.69) is 20.5 Å². The van der Waals surface area contributed by atoms with E-state index >= 15 is 0 Å². The number of nitrogens with zero attached hydrogens (tertiary/aromatic N) is 3. The molecule has 0 spiro atoms. The van der Waals surface area contributed by atoms with Crippen molar-refractivity contribution in [3.8, 4) is 5.75 Å². The third-order valence-corrected chi connectivity index (χ3v) is 6.35. The molecule has 0 radical (unpaired) electrons. The topological polar surface area (TPSA) is 78.4 Å². The van der Waals surface area contributed by atoms with Crippen molar-refractivity contribution >= 4 is 17.6 Å². The van der Waals surface area contributed by atoms with Crippen LogP contribution in [0.25, 0.3) is 0 Å². The lowest BCUT2D eigenvalue weighted by atomic mass is 10.0. The standard InChI is InChI=1S/C23H35N5O3/c1-24-23(26-19-7-12-27(13-8-19)15-18-9-14-30-16-18)25-10-4-11-28-20-5-2-3-6-21(20)31-17-22(28)29/h2-3,5-6,18-19H,4,7-17H2,1H3,(H2,24,25,26). The molecular weight excluding hydrogens is 394 g/mol. The van der Waals surface area contributed by atoms with Crippen LogP contribution in [0.3, 0.4) is 0 Å². The first-order chi connectivity index (χ1) is 15.2. The number of carbonyl (C=O) groups is 1. The van der Waals surface area contributed by atoms with Gasteiger partial charge in [0.05, 0.1) is 12.3 Å². The number of nitrogens with one attached hydrogen (secondary N) is 2. The van der Waals surface area contributed by atoms with E-state index in [9.17, 15) is 4.79 Å². The largest absolute Gasteiger partial charge is 0.482 e. The smallest absolute Gasteiger partial charge is 0.265 e. The predicted octanol–water partition coefficient (Wildman–Crippen LogP) is 1.47. The molecule has 1 unspecified atom stereocenters. The highest BCUT2D eigenvalue weighted by atomic mass is 16.5. The Morgan fingerprint density at radius 2 is 2.06 bits per heavy atom. The van der Waals surface area contributed by atoms with Gasteiger partial charge in [0.2, 0.25) is 0 Å². The number of hydrogen-bond acceptors (Lipinski definition) is 5. The molecule has 0 saturated carbocycles. The van der Waals surface area contributed by atoms with Crippen molar-refractivity contribution in [2.24, 2.45) is 10.9 Å². The van der Waals surface area contributed by atoms with Crippen molar-refractivity contribution in [3.63, 3.8) is 0 Å². The number of anilines is 1. The van der Waals surface area contributed by atoms with Gasteiger partial charge in [-0.1, -0.05) is 12.1 Å². The number of piperidine rings is 1. The number of ether oxygens (including phenoxy) is 2. The number of carbonyl (C=O) groups excluding carboxylic acids is 1. The van der Waals surface area contributed by atoms with Gasteiger partial charge in [-0.3, -0.25) is 9.79 Å². The average molecular weight is 430 g/mol. The SMILES string of the molecule is CN=C(NCCCN1C(=O)COc2ccccc21)NC1CCN(CC2CCOC2)CC1. The summed E-state index contributed by atoms with van der Waals surface area (Å²) >= 11 is 0. The molecule has 2 fully saturated rings. The van der Waals surface area contributed by atoms with Crippen molar-refractivity contribution in [2.45, 2.75) is 31.7 Å². The molecule has 170 valence electrons. The summed E-state index contributed by atoms with van der Waals surface area (Å²) < 4.78 is 11.0. The highest BCUT2D eigenvalue weighted by Gasteiger charge is 2.25. The first kappa shape index (κ1) is 21.9. The highest BCUT2D eigenvalue weighted by molar-refractivity contribution is 5.97. The molecule has 3 aliphatic heterocycles. The lowest BCUT2D eigenvalue weighted by Gasteiger charge is -2.34. The van der Waals surface area contributed by atoms with E-state index in [-0.39, 0.29) is 12.5 Å². The van der Waals surface area contributed by atoms with Gasteiger partial charge in [-0.15, -0.1) is 0 Å². The molecule has 1 atom stereocenters. The lowest BCUT2D eigenvalue weighted by molar-refractivity contribution is -0.121. The second-order valence-corrected chi connectivity index (χ2v) is 8.60. The third kappa shape index (κ3) is 5.89. The van der Waals surface area contributed by atoms with Crippen molar-refractivity contribution < 1.29 is 14.3 Å². The summed E-state index contributed by atoms with van der Waals surface area (Å²) in [6, 6.07) is 8.16. The van der Waals surface area contributed by atoms with Crippen LogP contribution < -0.4 is 20.3 Å². The summed E-state index contributed by atoms with van der Waals surface area (Å²) in [6.07, 6.45) is 4.31. The van der Waals surface area contributed by atoms with Crippen molar-refractivity contribution in [1.82, 2.24) is 15.5 Å². The molecule has 3 aliphatic rings. The van der Waals surface area contributed by atoms with Gasteiger partial charge in [0.1, 0.15) is 5.75 Å². The zero-order valence-electron chi connectivity index (χ0n) is 18.5. The number of amides is 1. The zero-order valence-corrected chi connectivity index (χ0v) is 18.5. The van der Waals surface area contributed by atoms with Crippen LogP contribution in [-0.2, 0) is 9.53 Å². The Bertz CT molecular complexity index is 757. The average Bonchev–Trinajstić information content (AvgIpc) is 3.31. The van der Waals surface area contributed by atoms with E-state index in [1.54, 1.807) is 0 Å². The van der Waals surface area contributed by atoms with Gasteiger partial charge in [0, 0.05) is 52.4 Å². The molecule has 1 aromatic carbocycles. The fourth-order valence-electron chi connectivity index (χ4n) is 4.58. The zero-order chi connectivity index (χ0) is 21.5. The van der Waals surface area contributed by atoms with E-state index in [4.69, 9.17) is 9.47 Å². The van der Waals surface area contributed by atoms with Gasteiger partial charge < -0.3 is 29.9 Å². The second-order valence-electron chi connectivity index (χ2n) is 8.60. The molecule has 8 nitrogen and oxygen atoms in total. The van der Waals surface area contributed by atoms with E-state index in [0.29, 0.717) is 18.5 Å². The molecule has 0 aromatic heterocycles. The minimum atomic E-state index is 0.0112. The molecular formula is C23H35N5O3. The number of guanidine groups is 1. The molecule has 2 N–H and O–H groups in total. The number of rotatable bonds is 7. The number of hydrogen-bond donors (Lipinski definition) is 2. The van der Waals surface area contributed by atoms with Gasteiger partial charge in [-0.25, -0.2) is 0 Å². The van der Waals surface area contributed by atoms with Crippen LogP contribution in [0.5, 0.6) is 5.75 Å². The number of aliphatic imine (C=N–C) groups is 1. The second kappa shape index (κ2) is 10.8. The van der Waals surface area contributed by atoms with Gasteiger partial charge >= 0.3 is 0 Å². The van der Waals surface area contributed by atoms with Crippen LogP contribution in [-0.4, -0.2) is 82.4 Å². The Kier molecular flexibility index (Phi) is 7.64. The Labute approximate surface area is 185 Å². The van der Waals surface area contributed by atoms with Crippen molar-refractivity contribution in [3.05, 3.63) is 24.3 Å². The molecule has 0 bridgehead atoms. The lowest BCUT2D eigenvalue weighted by Crippen LogP contribution is -2.49. The van der Waals surface area contributed by atoms with Crippen molar-refractivity contribution in [2.75, 3.05) is 64.5 Å². The molecule has 2 saturated heterocycles. The number of benzene rings is 1. The summed E-state index contributed by atoms with van der Waals surface area (Å²) in [5, 5.41) is 6.97. The monoisotopic (exact) mass is 429 g/mol. The maximum atomic E-state index is 12.3. The third-order valence-electron chi connectivity index (χ3n) is 6.35. The van der Waals surface area contributed by atoms with Crippen LogP contribution >= 0.6 is 0 Å². The number of para-hydroxylation sites is 2. The van der Waals surface area contributed by atoms with Crippen LogP contribution in [0.15, 0.2) is 29.3 Å². The molecule has 8 heteroatoms. The summed E-state index contributed by atoms with van der Waals surface area (Å²) in [5.74, 6) is 2.34. The first-order valence-corrected chi connectivity index (χ1v) is 11.5. The normalized spacial score (nSPS) is 22.9. The predicted molar refractivity (Wildman–Crippen MR) is 122 cm³/mol. The highest BCUT2D eigenvalue weighted by Crippen LogP contribution is 2.31. The summed E-state index contributed by atoms with van der Waals surface area (Å²) in [7, 11) is 1.81. The summed E-state index contributed by atoms with van der Waals surface area (Å²) in [4.78, 5) is 21.1. The minimum absolute atomic E-state index is 0.0112. The van der Waals surface area contributed by atoms with Crippen LogP contribution in [0.1, 0.15) is 25.7 Å². The summed E-state index contributed by atoms with van der Waals surface area (Å²) in [5.41, 5.74) is 0.859. The van der Waals surface area contributed by atoms with Crippen LogP contribution in [0.2, 0.25) is 0 Å². The fourth-order valence-corrected chi connectivity index (χ4v) is 4.58. The van der Waals surface area contributed by atoms with E-state index in [0.717, 1.165) is 69.5 Å². The van der Waals surface area contributed by atoms with Gasteiger partial charge in [0.15, 0.2) is 12.6 Å². The fraction of sp³-hybridized carbons (Fsp3) is 0.652. The summed E-state index contributed by atoms with van der Waals surface area (Å²) in [6.45, 7) is 6.81. The van der Waals surface area contributed by atoms with Crippen LogP contribution in [0, 0.1) is 5.92 Å². The molecule has 1 aromatic rings. The quantitative estimate of drug-likeness (QED) is 0.388. The number of likely N-dealkylation sites (tertiary alicyclic amines) is 1. The molecule has 31 heavy (non-hydrogen) atoms. The van der Waals surface area contributed by atoms with E-state index in [1.807, 2.05) is 36.2 Å². The Balaban J connectivity index is 1.16. The number of fused-ring (bicyclic) bond motifs is 1. The maximum Gasteiger partial charge on any atom is 0.265 e.